The van der Waals surface area contributed by atoms with Gasteiger partial charge in [0.15, 0.2) is 5.01 Å². The molecule has 0 radical (unpaired) electrons. The molecule has 1 saturated heterocycles. The predicted molar refractivity (Wildman–Crippen MR) is 104 cm³/mol. The number of nitrogens with one attached hydrogen (secondary N) is 1. The number of para-hydroxylation sites is 1. The van der Waals surface area contributed by atoms with Crippen molar-refractivity contribution in [1.82, 2.24) is 20.3 Å². The molecule has 4 rings (SSSR count). The summed E-state index contributed by atoms with van der Waals surface area (Å²) in [4.78, 5) is 26.3. The minimum absolute atomic E-state index is 0.0595. The number of carbonyl (C=O) groups is 1. The number of piperidine rings is 1. The van der Waals surface area contributed by atoms with Crippen LogP contribution in [0.1, 0.15) is 34.2 Å². The van der Waals surface area contributed by atoms with E-state index in [4.69, 9.17) is 0 Å². The van der Waals surface area contributed by atoms with Gasteiger partial charge in [-0.1, -0.05) is 12.1 Å². The average Bonchev–Trinajstić information content (AvgIpc) is 3.12. The maximum absolute atomic E-state index is 13.0. The van der Waals surface area contributed by atoms with Crippen molar-refractivity contribution in [2.75, 3.05) is 18.0 Å². The van der Waals surface area contributed by atoms with Crippen molar-refractivity contribution >= 4 is 33.3 Å². The highest BCUT2D eigenvalue weighted by molar-refractivity contribution is 7.20. The van der Waals surface area contributed by atoms with Crippen LogP contribution < -0.4 is 10.2 Å². The molecule has 1 fully saturated rings. The third-order valence-electron chi connectivity index (χ3n) is 4.76. The highest BCUT2D eigenvalue weighted by atomic mass is 32.1. The Bertz CT molecular complexity index is 1010. The van der Waals surface area contributed by atoms with Crippen LogP contribution >= 0.6 is 11.3 Å². The van der Waals surface area contributed by atoms with Crippen LogP contribution in [0.5, 0.6) is 0 Å². The molecule has 1 N–H and O–H groups in total. The second-order valence-corrected chi connectivity index (χ2v) is 7.91. The monoisotopic (exact) mass is 421 g/mol. The summed E-state index contributed by atoms with van der Waals surface area (Å²) < 4.78 is 39.9. The van der Waals surface area contributed by atoms with Gasteiger partial charge in [-0.25, -0.2) is 15.0 Å². The number of hydrogen-bond donors (Lipinski definition) is 1. The molecule has 1 aromatic carbocycles. The van der Waals surface area contributed by atoms with Gasteiger partial charge in [-0.05, 0) is 31.9 Å². The van der Waals surface area contributed by atoms with E-state index in [2.05, 4.69) is 20.3 Å². The lowest BCUT2D eigenvalue weighted by molar-refractivity contribution is -0.141. The summed E-state index contributed by atoms with van der Waals surface area (Å²) in [6, 6.07) is 8.47. The highest BCUT2D eigenvalue weighted by Crippen LogP contribution is 2.30. The number of aryl methyl sites for hydroxylation is 1. The largest absolute Gasteiger partial charge is 0.433 e. The normalized spacial score (nSPS) is 15.7. The van der Waals surface area contributed by atoms with E-state index >= 15 is 0 Å². The molecule has 6 nitrogen and oxygen atoms in total. The Morgan fingerprint density at radius 2 is 1.90 bits per heavy atom. The van der Waals surface area contributed by atoms with Crippen LogP contribution in [0.3, 0.4) is 0 Å². The van der Waals surface area contributed by atoms with Gasteiger partial charge in [-0.15, -0.1) is 11.3 Å². The van der Waals surface area contributed by atoms with Crippen molar-refractivity contribution in [2.45, 2.75) is 32.0 Å². The first kappa shape index (κ1) is 19.6. The van der Waals surface area contributed by atoms with Crippen LogP contribution in [0.4, 0.5) is 19.0 Å². The number of alkyl halides is 3. The summed E-state index contributed by atoms with van der Waals surface area (Å²) in [5, 5.41) is 3.40. The van der Waals surface area contributed by atoms with Gasteiger partial charge in [0.2, 0.25) is 0 Å². The van der Waals surface area contributed by atoms with Crippen molar-refractivity contribution < 1.29 is 18.0 Å². The Morgan fingerprint density at radius 1 is 1.17 bits per heavy atom. The van der Waals surface area contributed by atoms with Gasteiger partial charge < -0.3 is 10.2 Å². The van der Waals surface area contributed by atoms with E-state index in [1.165, 1.54) is 18.3 Å². The number of fused-ring (bicyclic) bond motifs is 1. The quantitative estimate of drug-likeness (QED) is 0.696. The fourth-order valence-corrected chi connectivity index (χ4v) is 4.20. The SMILES string of the molecule is Cc1nc(N2CCC(NC(=O)c3nc4ccccc4s3)CC2)cc(C(F)(F)F)n1. The highest BCUT2D eigenvalue weighted by Gasteiger charge is 2.34. The number of anilines is 1. The number of carbonyl (C=O) groups excluding carboxylic acids is 1. The number of aromatic nitrogens is 3. The van der Waals surface area contributed by atoms with Crippen LogP contribution in [0.25, 0.3) is 10.2 Å². The molecule has 0 unspecified atom stereocenters. The minimum atomic E-state index is -4.51. The summed E-state index contributed by atoms with van der Waals surface area (Å²) in [5.41, 5.74) is -0.150. The number of hydrogen-bond acceptors (Lipinski definition) is 6. The molecular formula is C19H18F3N5OS. The van der Waals surface area contributed by atoms with Gasteiger partial charge in [-0.3, -0.25) is 4.79 Å². The Kier molecular flexibility index (Phi) is 5.12. The molecule has 0 aliphatic carbocycles. The maximum Gasteiger partial charge on any atom is 0.433 e. The average molecular weight is 421 g/mol. The van der Waals surface area contributed by atoms with Crippen LogP contribution in [-0.2, 0) is 6.18 Å². The minimum Gasteiger partial charge on any atom is -0.356 e. The number of halogens is 3. The molecule has 3 aromatic rings. The fourth-order valence-electron chi connectivity index (χ4n) is 3.33. The first-order chi connectivity index (χ1) is 13.8. The first-order valence-corrected chi connectivity index (χ1v) is 9.95. The van der Waals surface area contributed by atoms with Crippen molar-refractivity contribution in [2.24, 2.45) is 0 Å². The van der Waals surface area contributed by atoms with Crippen molar-refractivity contribution in [3.8, 4) is 0 Å². The number of thiazole rings is 1. The smallest absolute Gasteiger partial charge is 0.356 e. The second-order valence-electron chi connectivity index (χ2n) is 6.88. The lowest BCUT2D eigenvalue weighted by Crippen LogP contribution is -2.45. The van der Waals surface area contributed by atoms with Crippen LogP contribution in [0.15, 0.2) is 30.3 Å². The standard InChI is InChI=1S/C19H18F3N5OS/c1-11-23-15(19(20,21)22)10-16(24-11)27-8-6-12(7-9-27)25-17(28)18-26-13-4-2-3-5-14(13)29-18/h2-5,10,12H,6-9H2,1H3,(H,25,28). The zero-order valence-electron chi connectivity index (χ0n) is 15.5. The van der Waals surface area contributed by atoms with E-state index in [9.17, 15) is 18.0 Å². The Balaban J connectivity index is 1.39. The van der Waals surface area contributed by atoms with E-state index in [1.807, 2.05) is 24.3 Å². The van der Waals surface area contributed by atoms with Crippen LogP contribution in [-0.4, -0.2) is 40.0 Å². The van der Waals surface area contributed by atoms with Crippen molar-refractivity contribution in [1.29, 1.82) is 0 Å². The second kappa shape index (κ2) is 7.58. The summed E-state index contributed by atoms with van der Waals surface area (Å²) in [6.45, 7) is 2.45. The molecule has 1 aliphatic heterocycles. The molecule has 0 saturated carbocycles. The molecule has 2 aromatic heterocycles. The van der Waals surface area contributed by atoms with Gasteiger partial charge in [0.05, 0.1) is 10.2 Å². The molecule has 1 aliphatic rings. The Hall–Kier alpha value is -2.75. The fraction of sp³-hybridized carbons (Fsp3) is 0.368. The number of rotatable bonds is 3. The molecular weight excluding hydrogens is 403 g/mol. The van der Waals surface area contributed by atoms with Gasteiger partial charge in [0.25, 0.3) is 5.91 Å². The third kappa shape index (κ3) is 4.31. The predicted octanol–water partition coefficient (Wildman–Crippen LogP) is 3.81. The first-order valence-electron chi connectivity index (χ1n) is 9.14. The van der Waals surface area contributed by atoms with Gasteiger partial charge in [-0.2, -0.15) is 13.2 Å². The molecule has 0 spiro atoms. The summed E-state index contributed by atoms with van der Waals surface area (Å²) in [5.74, 6) is 0.128. The van der Waals surface area contributed by atoms with Crippen LogP contribution in [0.2, 0.25) is 0 Å². The molecule has 0 bridgehead atoms. The van der Waals surface area contributed by atoms with E-state index in [-0.39, 0.29) is 23.6 Å². The third-order valence-corrected chi connectivity index (χ3v) is 5.79. The molecule has 10 heteroatoms. The molecule has 3 heterocycles. The maximum atomic E-state index is 13.0. The summed E-state index contributed by atoms with van der Waals surface area (Å²) in [6.07, 6.45) is -3.28. The number of nitrogens with zero attached hydrogens (tertiary/aromatic N) is 4. The van der Waals surface area contributed by atoms with E-state index in [0.717, 1.165) is 16.3 Å². The summed E-state index contributed by atoms with van der Waals surface area (Å²) in [7, 11) is 0. The Morgan fingerprint density at radius 3 is 2.59 bits per heavy atom. The zero-order valence-corrected chi connectivity index (χ0v) is 16.3. The van der Waals surface area contributed by atoms with Crippen molar-refractivity contribution in [3.63, 3.8) is 0 Å². The number of benzene rings is 1. The van der Waals surface area contributed by atoms with Gasteiger partial charge in [0.1, 0.15) is 17.3 Å². The van der Waals surface area contributed by atoms with Gasteiger partial charge >= 0.3 is 6.18 Å². The Labute approximate surface area is 168 Å². The van der Waals surface area contributed by atoms with E-state index in [1.54, 1.807) is 4.90 Å². The molecule has 29 heavy (non-hydrogen) atoms. The van der Waals surface area contributed by atoms with E-state index in [0.29, 0.717) is 30.9 Å². The molecule has 1 amide bonds. The molecule has 152 valence electrons. The van der Waals surface area contributed by atoms with Crippen LogP contribution in [0, 0.1) is 6.92 Å². The van der Waals surface area contributed by atoms with E-state index < -0.39 is 11.9 Å². The lowest BCUT2D eigenvalue weighted by Gasteiger charge is -2.33. The summed E-state index contributed by atoms with van der Waals surface area (Å²) >= 11 is 1.34. The number of amides is 1. The van der Waals surface area contributed by atoms with Gasteiger partial charge in [0, 0.05) is 25.2 Å². The molecule has 0 atom stereocenters. The van der Waals surface area contributed by atoms with Crippen molar-refractivity contribution in [3.05, 3.63) is 46.9 Å². The topological polar surface area (TPSA) is 71.0 Å². The lowest BCUT2D eigenvalue weighted by atomic mass is 10.0. The zero-order chi connectivity index (χ0) is 20.6.